The predicted octanol–water partition coefficient (Wildman–Crippen LogP) is 0.654. The van der Waals surface area contributed by atoms with Gasteiger partial charge in [-0.2, -0.15) is 0 Å². The molecule has 0 aliphatic heterocycles. The molecule has 0 saturated heterocycles. The molecule has 0 fully saturated rings. The molecule has 0 bridgehead atoms. The van der Waals surface area contributed by atoms with Gasteiger partial charge in [0, 0.05) is 25.2 Å². The Morgan fingerprint density at radius 3 is 2.71 bits per heavy atom. The van der Waals surface area contributed by atoms with E-state index in [4.69, 9.17) is 0 Å². The number of likely N-dealkylation sites (N-methyl/N-ethyl adjacent to an activating group) is 1. The van der Waals surface area contributed by atoms with E-state index < -0.39 is 0 Å². The molecule has 0 saturated carbocycles. The number of H-pyrrole nitrogens is 1. The van der Waals surface area contributed by atoms with Gasteiger partial charge in [0.2, 0.25) is 0 Å². The topological polar surface area (TPSA) is 49.0 Å². The molecule has 1 N–H and O–H groups in total. The third-order valence-corrected chi connectivity index (χ3v) is 2.28. The minimum absolute atomic E-state index is 0.0745. The van der Waals surface area contributed by atoms with Crippen molar-refractivity contribution in [3.8, 4) is 0 Å². The Kier molecular flexibility index (Phi) is 4.32. The summed E-state index contributed by atoms with van der Waals surface area (Å²) in [4.78, 5) is 20.1. The molecule has 0 aromatic carbocycles. The number of aromatic amines is 1. The van der Waals surface area contributed by atoms with Gasteiger partial charge in [-0.15, -0.1) is 0 Å². The van der Waals surface area contributed by atoms with Crippen LogP contribution in [0.25, 0.3) is 0 Å². The zero-order valence-corrected chi connectivity index (χ0v) is 8.79. The highest BCUT2D eigenvalue weighted by Crippen LogP contribution is 1.92. The third-order valence-electron chi connectivity index (χ3n) is 2.28. The maximum absolute atomic E-state index is 11.0. The van der Waals surface area contributed by atoms with Crippen LogP contribution in [0.1, 0.15) is 19.7 Å². The lowest BCUT2D eigenvalue weighted by Crippen LogP contribution is -2.26. The summed E-state index contributed by atoms with van der Waals surface area (Å²) >= 11 is 0. The first-order valence-corrected chi connectivity index (χ1v) is 5.02. The Bertz CT molecular complexity index is 317. The minimum Gasteiger partial charge on any atom is -0.311 e. The van der Waals surface area contributed by atoms with E-state index >= 15 is 0 Å². The van der Waals surface area contributed by atoms with Gasteiger partial charge in [-0.05, 0) is 13.1 Å². The second-order valence-corrected chi connectivity index (χ2v) is 3.16. The van der Waals surface area contributed by atoms with Crippen LogP contribution in [-0.2, 0) is 6.42 Å². The first kappa shape index (κ1) is 10.9. The SMILES string of the molecule is CCN(CC)CCc1nccc(=O)[nH]1. The Balaban J connectivity index is 2.49. The molecule has 14 heavy (non-hydrogen) atoms. The van der Waals surface area contributed by atoms with Gasteiger partial charge in [-0.25, -0.2) is 4.98 Å². The summed E-state index contributed by atoms with van der Waals surface area (Å²) in [6, 6.07) is 1.43. The molecule has 0 radical (unpaired) electrons. The Hall–Kier alpha value is -1.16. The molecular weight excluding hydrogens is 178 g/mol. The molecule has 0 unspecified atom stereocenters. The van der Waals surface area contributed by atoms with E-state index in [9.17, 15) is 4.79 Å². The van der Waals surface area contributed by atoms with Crippen molar-refractivity contribution in [2.75, 3.05) is 19.6 Å². The van der Waals surface area contributed by atoms with Crippen LogP contribution in [0.3, 0.4) is 0 Å². The van der Waals surface area contributed by atoms with E-state index in [0.29, 0.717) is 0 Å². The molecule has 1 rings (SSSR count). The summed E-state index contributed by atoms with van der Waals surface area (Å²) in [6.45, 7) is 7.27. The number of hydrogen-bond donors (Lipinski definition) is 1. The highest BCUT2D eigenvalue weighted by atomic mass is 16.1. The second-order valence-electron chi connectivity index (χ2n) is 3.16. The maximum atomic E-state index is 11.0. The number of hydrogen-bond acceptors (Lipinski definition) is 3. The van der Waals surface area contributed by atoms with Gasteiger partial charge in [-0.3, -0.25) is 4.79 Å². The van der Waals surface area contributed by atoms with Gasteiger partial charge in [0.25, 0.3) is 5.56 Å². The summed E-state index contributed by atoms with van der Waals surface area (Å²) in [5, 5.41) is 0. The second kappa shape index (κ2) is 5.54. The standard InChI is InChI=1S/C10H17N3O/c1-3-13(4-2)8-6-9-11-7-5-10(14)12-9/h5,7H,3-4,6,8H2,1-2H3,(H,11,12,14). The zero-order valence-electron chi connectivity index (χ0n) is 8.79. The van der Waals surface area contributed by atoms with Crippen molar-refractivity contribution in [3.05, 3.63) is 28.4 Å². The van der Waals surface area contributed by atoms with Crippen LogP contribution >= 0.6 is 0 Å². The maximum Gasteiger partial charge on any atom is 0.250 e. The lowest BCUT2D eigenvalue weighted by Gasteiger charge is -2.16. The van der Waals surface area contributed by atoms with Crippen molar-refractivity contribution < 1.29 is 0 Å². The van der Waals surface area contributed by atoms with E-state index in [1.165, 1.54) is 6.07 Å². The molecule has 4 heteroatoms. The molecule has 0 spiro atoms. The number of nitrogens with one attached hydrogen (secondary N) is 1. The van der Waals surface area contributed by atoms with E-state index in [-0.39, 0.29) is 5.56 Å². The first-order chi connectivity index (χ1) is 6.76. The predicted molar refractivity (Wildman–Crippen MR) is 56.3 cm³/mol. The van der Waals surface area contributed by atoms with E-state index in [2.05, 4.69) is 28.7 Å². The number of aromatic nitrogens is 2. The Labute approximate surface area is 84.0 Å². The van der Waals surface area contributed by atoms with Gasteiger partial charge in [-0.1, -0.05) is 13.8 Å². The van der Waals surface area contributed by atoms with Crippen LogP contribution in [0, 0.1) is 0 Å². The fourth-order valence-corrected chi connectivity index (χ4v) is 1.34. The lowest BCUT2D eigenvalue weighted by atomic mass is 10.3. The summed E-state index contributed by atoms with van der Waals surface area (Å²) in [5.41, 5.74) is -0.0745. The van der Waals surface area contributed by atoms with Crippen LogP contribution in [0.2, 0.25) is 0 Å². The number of rotatable bonds is 5. The molecule has 0 amide bonds. The average Bonchev–Trinajstić information content (AvgIpc) is 2.19. The van der Waals surface area contributed by atoms with Gasteiger partial charge in [0.05, 0.1) is 0 Å². The van der Waals surface area contributed by atoms with Gasteiger partial charge < -0.3 is 9.88 Å². The average molecular weight is 195 g/mol. The summed E-state index contributed by atoms with van der Waals surface area (Å²) in [7, 11) is 0. The number of nitrogens with zero attached hydrogens (tertiary/aromatic N) is 2. The normalized spacial score (nSPS) is 10.8. The molecule has 1 aromatic heterocycles. The Morgan fingerprint density at radius 1 is 1.43 bits per heavy atom. The minimum atomic E-state index is -0.0745. The third kappa shape index (κ3) is 3.30. The summed E-state index contributed by atoms with van der Waals surface area (Å²) < 4.78 is 0. The van der Waals surface area contributed by atoms with E-state index in [1.54, 1.807) is 6.20 Å². The van der Waals surface area contributed by atoms with Crippen LogP contribution in [0.15, 0.2) is 17.1 Å². The van der Waals surface area contributed by atoms with E-state index in [1.807, 2.05) is 0 Å². The zero-order chi connectivity index (χ0) is 10.4. The monoisotopic (exact) mass is 195 g/mol. The van der Waals surface area contributed by atoms with Crippen molar-refractivity contribution in [2.24, 2.45) is 0 Å². The molecule has 1 heterocycles. The lowest BCUT2D eigenvalue weighted by molar-refractivity contribution is 0.305. The van der Waals surface area contributed by atoms with Crippen LogP contribution in [-0.4, -0.2) is 34.5 Å². The fraction of sp³-hybridized carbons (Fsp3) is 0.600. The highest BCUT2D eigenvalue weighted by Gasteiger charge is 2.00. The van der Waals surface area contributed by atoms with Crippen molar-refractivity contribution in [3.63, 3.8) is 0 Å². The quantitative estimate of drug-likeness (QED) is 0.750. The largest absolute Gasteiger partial charge is 0.311 e. The molecule has 0 atom stereocenters. The Morgan fingerprint density at radius 2 is 2.14 bits per heavy atom. The highest BCUT2D eigenvalue weighted by molar-refractivity contribution is 4.89. The van der Waals surface area contributed by atoms with Gasteiger partial charge >= 0.3 is 0 Å². The molecule has 0 aliphatic carbocycles. The molecular formula is C10H17N3O. The molecule has 4 nitrogen and oxygen atoms in total. The molecule has 78 valence electrons. The first-order valence-electron chi connectivity index (χ1n) is 5.02. The molecule has 1 aromatic rings. The van der Waals surface area contributed by atoms with Crippen molar-refractivity contribution in [1.82, 2.24) is 14.9 Å². The smallest absolute Gasteiger partial charge is 0.250 e. The van der Waals surface area contributed by atoms with Crippen LogP contribution in [0.5, 0.6) is 0 Å². The van der Waals surface area contributed by atoms with Crippen molar-refractivity contribution >= 4 is 0 Å². The van der Waals surface area contributed by atoms with Crippen LogP contribution in [0.4, 0.5) is 0 Å². The van der Waals surface area contributed by atoms with E-state index in [0.717, 1.165) is 31.9 Å². The molecule has 0 aliphatic rings. The summed E-state index contributed by atoms with van der Waals surface area (Å²) in [6.07, 6.45) is 2.36. The van der Waals surface area contributed by atoms with Crippen molar-refractivity contribution in [1.29, 1.82) is 0 Å². The fourth-order valence-electron chi connectivity index (χ4n) is 1.34. The van der Waals surface area contributed by atoms with Crippen molar-refractivity contribution in [2.45, 2.75) is 20.3 Å². The van der Waals surface area contributed by atoms with Gasteiger partial charge in [0.15, 0.2) is 0 Å². The summed E-state index contributed by atoms with van der Waals surface area (Å²) in [5.74, 6) is 0.768. The van der Waals surface area contributed by atoms with Gasteiger partial charge in [0.1, 0.15) is 5.82 Å². The van der Waals surface area contributed by atoms with Crippen LogP contribution < -0.4 is 5.56 Å².